The Morgan fingerprint density at radius 3 is 2.62 bits per heavy atom. The molecule has 32 heavy (non-hydrogen) atoms. The van der Waals surface area contributed by atoms with Crippen LogP contribution in [0, 0.1) is 13.8 Å². The highest BCUT2D eigenvalue weighted by atomic mass is 32.1. The number of carbonyl (C=O) groups excluding carboxylic acids is 1. The van der Waals surface area contributed by atoms with Gasteiger partial charge in [0.25, 0.3) is 5.91 Å². The van der Waals surface area contributed by atoms with E-state index in [4.69, 9.17) is 0 Å². The second-order valence-electron chi connectivity index (χ2n) is 8.42. The van der Waals surface area contributed by atoms with Crippen molar-refractivity contribution < 1.29 is 4.79 Å². The molecule has 1 amide bonds. The number of aryl methyl sites for hydroxylation is 3. The van der Waals surface area contributed by atoms with Crippen LogP contribution in [0.25, 0.3) is 22.5 Å². The van der Waals surface area contributed by atoms with Crippen molar-refractivity contribution in [2.45, 2.75) is 46.1 Å². The van der Waals surface area contributed by atoms with E-state index >= 15 is 0 Å². The van der Waals surface area contributed by atoms with Gasteiger partial charge in [-0.1, -0.05) is 48.4 Å². The first-order valence-electron chi connectivity index (χ1n) is 11.1. The Hall–Kier alpha value is -3.25. The maximum atomic E-state index is 13.2. The standard InChI is InChI=1S/C26H26N4OS/c1-17-7-10-19(11-8-17)21-13-15-32-24(21)26(31)27-22-16-20(12-9-18(22)2)25-29-28-23-6-4-3-5-14-30(23)25/h7-13,15-16H,3-6,14H2,1-2H3,(H,27,31). The molecule has 6 heteroatoms. The fourth-order valence-electron chi connectivity index (χ4n) is 4.22. The molecule has 0 saturated carbocycles. The van der Waals surface area contributed by atoms with Gasteiger partial charge in [0.2, 0.25) is 0 Å². The van der Waals surface area contributed by atoms with Gasteiger partial charge in [-0.2, -0.15) is 0 Å². The van der Waals surface area contributed by atoms with Crippen molar-refractivity contribution in [1.29, 1.82) is 0 Å². The number of hydrogen-bond donors (Lipinski definition) is 1. The summed E-state index contributed by atoms with van der Waals surface area (Å²) in [5.41, 5.74) is 6.03. The molecule has 0 spiro atoms. The van der Waals surface area contributed by atoms with E-state index in [0.29, 0.717) is 0 Å². The van der Waals surface area contributed by atoms with E-state index in [1.54, 1.807) is 0 Å². The van der Waals surface area contributed by atoms with Gasteiger partial charge in [-0.3, -0.25) is 4.79 Å². The lowest BCUT2D eigenvalue weighted by Crippen LogP contribution is -2.12. The zero-order valence-electron chi connectivity index (χ0n) is 18.4. The molecule has 0 radical (unpaired) electrons. The van der Waals surface area contributed by atoms with Crippen molar-refractivity contribution in [2.24, 2.45) is 0 Å². The Balaban J connectivity index is 1.44. The first kappa shape index (κ1) is 20.6. The Morgan fingerprint density at radius 1 is 0.969 bits per heavy atom. The van der Waals surface area contributed by atoms with Crippen LogP contribution in [0.15, 0.2) is 53.9 Å². The number of aromatic nitrogens is 3. The summed E-state index contributed by atoms with van der Waals surface area (Å²) >= 11 is 1.47. The van der Waals surface area contributed by atoms with Crippen LogP contribution in [-0.4, -0.2) is 20.7 Å². The predicted molar refractivity (Wildman–Crippen MR) is 130 cm³/mol. The molecule has 0 fully saturated rings. The summed E-state index contributed by atoms with van der Waals surface area (Å²) in [6.07, 6.45) is 4.51. The number of nitrogens with one attached hydrogen (secondary N) is 1. The lowest BCUT2D eigenvalue weighted by Gasteiger charge is -2.12. The van der Waals surface area contributed by atoms with Gasteiger partial charge in [0.15, 0.2) is 5.82 Å². The fraction of sp³-hybridized carbons (Fsp3) is 0.269. The second kappa shape index (κ2) is 8.71. The number of carbonyl (C=O) groups is 1. The zero-order chi connectivity index (χ0) is 22.1. The van der Waals surface area contributed by atoms with Gasteiger partial charge in [-0.05, 0) is 55.3 Å². The van der Waals surface area contributed by atoms with Gasteiger partial charge < -0.3 is 9.88 Å². The average Bonchev–Trinajstić information content (AvgIpc) is 3.38. The van der Waals surface area contributed by atoms with Crippen molar-refractivity contribution in [2.75, 3.05) is 5.32 Å². The molecule has 0 atom stereocenters. The molecule has 0 bridgehead atoms. The summed E-state index contributed by atoms with van der Waals surface area (Å²) < 4.78 is 2.23. The van der Waals surface area contributed by atoms with Crippen molar-refractivity contribution >= 4 is 22.9 Å². The van der Waals surface area contributed by atoms with E-state index in [1.165, 1.54) is 23.3 Å². The smallest absolute Gasteiger partial charge is 0.266 e. The summed E-state index contributed by atoms with van der Waals surface area (Å²) in [4.78, 5) is 13.9. The Labute approximate surface area is 192 Å². The third-order valence-corrected chi connectivity index (χ3v) is 7.00. The first-order valence-corrected chi connectivity index (χ1v) is 12.0. The number of fused-ring (bicyclic) bond motifs is 1. The van der Waals surface area contributed by atoms with Crippen LogP contribution in [0.4, 0.5) is 5.69 Å². The molecule has 2 aromatic carbocycles. The highest BCUT2D eigenvalue weighted by molar-refractivity contribution is 7.12. The largest absolute Gasteiger partial charge is 0.321 e. The summed E-state index contributed by atoms with van der Waals surface area (Å²) in [5.74, 6) is 1.86. The van der Waals surface area contributed by atoms with E-state index < -0.39 is 0 Å². The Kier molecular flexibility index (Phi) is 5.62. The number of rotatable bonds is 4. The van der Waals surface area contributed by atoms with Gasteiger partial charge in [-0.25, -0.2) is 0 Å². The van der Waals surface area contributed by atoms with Crippen molar-refractivity contribution in [3.8, 4) is 22.5 Å². The SMILES string of the molecule is Cc1ccc(-c2ccsc2C(=O)Nc2cc(-c3nnc4n3CCCCC4)ccc2C)cc1. The number of thiophene rings is 1. The molecule has 5 nitrogen and oxygen atoms in total. The molecule has 3 heterocycles. The van der Waals surface area contributed by atoms with Gasteiger partial charge in [0, 0.05) is 29.8 Å². The van der Waals surface area contributed by atoms with Crippen LogP contribution in [0.5, 0.6) is 0 Å². The third kappa shape index (κ3) is 3.98. The maximum absolute atomic E-state index is 13.2. The highest BCUT2D eigenvalue weighted by Crippen LogP contribution is 2.31. The second-order valence-corrected chi connectivity index (χ2v) is 9.33. The number of benzene rings is 2. The van der Waals surface area contributed by atoms with Crippen LogP contribution in [0.3, 0.4) is 0 Å². The average molecular weight is 443 g/mol. The molecule has 5 rings (SSSR count). The van der Waals surface area contributed by atoms with Gasteiger partial charge >= 0.3 is 0 Å². The molecule has 1 aliphatic rings. The highest BCUT2D eigenvalue weighted by Gasteiger charge is 2.19. The van der Waals surface area contributed by atoms with Crippen LogP contribution in [-0.2, 0) is 13.0 Å². The molecular weight excluding hydrogens is 416 g/mol. The van der Waals surface area contributed by atoms with Crippen molar-refractivity contribution in [3.05, 3.63) is 75.7 Å². The van der Waals surface area contributed by atoms with Crippen molar-refractivity contribution in [1.82, 2.24) is 14.8 Å². The molecule has 4 aromatic rings. The molecule has 2 aromatic heterocycles. The first-order chi connectivity index (χ1) is 15.6. The van der Waals surface area contributed by atoms with Gasteiger partial charge in [0.05, 0.1) is 4.88 Å². The van der Waals surface area contributed by atoms with E-state index in [2.05, 4.69) is 57.3 Å². The number of hydrogen-bond acceptors (Lipinski definition) is 4. The topological polar surface area (TPSA) is 59.8 Å². The minimum atomic E-state index is -0.0871. The monoisotopic (exact) mass is 442 g/mol. The molecule has 1 aliphatic heterocycles. The molecule has 162 valence electrons. The fourth-order valence-corrected chi connectivity index (χ4v) is 5.03. The summed E-state index contributed by atoms with van der Waals surface area (Å²) in [7, 11) is 0. The Morgan fingerprint density at radius 2 is 1.78 bits per heavy atom. The van der Waals surface area contributed by atoms with Crippen LogP contribution < -0.4 is 5.32 Å². The minimum Gasteiger partial charge on any atom is -0.321 e. The number of anilines is 1. The number of nitrogens with zero attached hydrogens (tertiary/aromatic N) is 3. The lowest BCUT2D eigenvalue weighted by atomic mass is 10.0. The van der Waals surface area contributed by atoms with Gasteiger partial charge in [0.1, 0.15) is 5.82 Å². The third-order valence-electron chi connectivity index (χ3n) is 6.09. The predicted octanol–water partition coefficient (Wildman–Crippen LogP) is 6.27. The molecule has 0 saturated heterocycles. The molecule has 0 unspecified atom stereocenters. The number of amides is 1. The van der Waals surface area contributed by atoms with Crippen molar-refractivity contribution in [3.63, 3.8) is 0 Å². The molecule has 0 aliphatic carbocycles. The quantitative estimate of drug-likeness (QED) is 0.405. The van der Waals surface area contributed by atoms with Crippen LogP contribution in [0.2, 0.25) is 0 Å². The maximum Gasteiger partial charge on any atom is 0.266 e. The summed E-state index contributed by atoms with van der Waals surface area (Å²) in [5, 5.41) is 14.0. The van der Waals surface area contributed by atoms with E-state index in [-0.39, 0.29) is 5.91 Å². The zero-order valence-corrected chi connectivity index (χ0v) is 19.2. The lowest BCUT2D eigenvalue weighted by molar-refractivity contribution is 0.103. The summed E-state index contributed by atoms with van der Waals surface area (Å²) in [6.45, 7) is 5.02. The summed E-state index contributed by atoms with van der Waals surface area (Å²) in [6, 6.07) is 16.4. The normalized spacial score (nSPS) is 13.4. The molecular formula is C26H26N4OS. The minimum absolute atomic E-state index is 0.0871. The van der Waals surface area contributed by atoms with E-state index in [1.807, 2.05) is 30.5 Å². The van der Waals surface area contributed by atoms with Gasteiger partial charge in [-0.15, -0.1) is 21.5 Å². The van der Waals surface area contributed by atoms with Crippen LogP contribution in [0.1, 0.15) is 45.9 Å². The Bertz CT molecular complexity index is 1270. The van der Waals surface area contributed by atoms with E-state index in [0.717, 1.165) is 70.3 Å². The molecule has 1 N–H and O–H groups in total. The van der Waals surface area contributed by atoms with Crippen LogP contribution >= 0.6 is 11.3 Å². The van der Waals surface area contributed by atoms with E-state index in [9.17, 15) is 4.79 Å².